The molecule has 4 nitrogen and oxygen atoms in total. The van der Waals surface area contributed by atoms with Gasteiger partial charge in [-0.25, -0.2) is 4.39 Å². The Bertz CT molecular complexity index is 830. The molecule has 0 aliphatic carbocycles. The van der Waals surface area contributed by atoms with Crippen LogP contribution in [0.3, 0.4) is 0 Å². The second-order valence-electron chi connectivity index (χ2n) is 7.07. The Morgan fingerprint density at radius 1 is 1.10 bits per heavy atom. The smallest absolute Gasteiger partial charge is 0.242 e. The van der Waals surface area contributed by atoms with Gasteiger partial charge in [-0.1, -0.05) is 41.9 Å². The molecule has 0 aliphatic heterocycles. The fourth-order valence-electron chi connectivity index (χ4n) is 2.72. The molecule has 2 rings (SSSR count). The highest BCUT2D eigenvalue weighted by Crippen LogP contribution is 2.18. The Labute approximate surface area is 180 Å². The first-order valence-corrected chi connectivity index (χ1v) is 11.0. The van der Waals surface area contributed by atoms with Gasteiger partial charge in [0.05, 0.1) is 5.75 Å². The number of carbonyl (C=O) groups excluding carboxylic acids is 2. The highest BCUT2D eigenvalue weighted by Gasteiger charge is 2.27. The number of nitrogens with zero attached hydrogens (tertiary/aromatic N) is 1. The van der Waals surface area contributed by atoms with Crippen LogP contribution >= 0.6 is 23.4 Å². The second kappa shape index (κ2) is 11.2. The molecule has 0 fully saturated rings. The van der Waals surface area contributed by atoms with Crippen molar-refractivity contribution < 1.29 is 14.0 Å². The van der Waals surface area contributed by atoms with Crippen LogP contribution in [0.5, 0.6) is 0 Å². The Morgan fingerprint density at radius 3 is 2.38 bits per heavy atom. The van der Waals surface area contributed by atoms with E-state index in [1.54, 1.807) is 25.1 Å². The number of carbonyl (C=O) groups is 2. The minimum atomic E-state index is -0.708. The molecular weight excluding hydrogens is 411 g/mol. The summed E-state index contributed by atoms with van der Waals surface area (Å²) in [5, 5.41) is 3.48. The van der Waals surface area contributed by atoms with Crippen molar-refractivity contribution in [1.82, 2.24) is 10.2 Å². The van der Waals surface area contributed by atoms with Gasteiger partial charge in [0.25, 0.3) is 0 Å². The van der Waals surface area contributed by atoms with Gasteiger partial charge in [-0.05, 0) is 44.5 Å². The standard InChI is InChI=1S/C22H26ClFN2O2S/c1-15(2)25-22(28)16(3)26(12-18-6-4-5-7-20(18)24)21(27)14-29-13-17-8-10-19(23)11-9-17/h4-11,15-16H,12-14H2,1-3H3,(H,25,28)/t16-/m1/s1. The summed E-state index contributed by atoms with van der Waals surface area (Å²) in [7, 11) is 0. The summed E-state index contributed by atoms with van der Waals surface area (Å²) < 4.78 is 14.1. The van der Waals surface area contributed by atoms with E-state index in [0.29, 0.717) is 16.3 Å². The molecule has 2 aromatic rings. The molecule has 0 aliphatic rings. The highest BCUT2D eigenvalue weighted by molar-refractivity contribution is 7.99. The normalized spacial score (nSPS) is 11.9. The van der Waals surface area contributed by atoms with Crippen molar-refractivity contribution in [3.63, 3.8) is 0 Å². The maximum Gasteiger partial charge on any atom is 0.242 e. The Hall–Kier alpha value is -2.05. The molecule has 0 saturated carbocycles. The number of benzene rings is 2. The van der Waals surface area contributed by atoms with Crippen LogP contribution in [0.2, 0.25) is 5.02 Å². The van der Waals surface area contributed by atoms with Gasteiger partial charge >= 0.3 is 0 Å². The number of hydrogen-bond acceptors (Lipinski definition) is 3. The molecule has 0 aromatic heterocycles. The van der Waals surface area contributed by atoms with E-state index in [0.717, 1.165) is 5.56 Å². The van der Waals surface area contributed by atoms with Crippen molar-refractivity contribution >= 4 is 35.2 Å². The molecule has 2 amide bonds. The summed E-state index contributed by atoms with van der Waals surface area (Å²) in [6.45, 7) is 5.42. The Kier molecular flexibility index (Phi) is 8.99. The van der Waals surface area contributed by atoms with E-state index >= 15 is 0 Å². The van der Waals surface area contributed by atoms with E-state index in [1.807, 2.05) is 38.1 Å². The van der Waals surface area contributed by atoms with Gasteiger partial charge in [0.2, 0.25) is 11.8 Å². The van der Waals surface area contributed by atoms with E-state index in [2.05, 4.69) is 5.32 Å². The predicted octanol–water partition coefficient (Wildman–Crippen LogP) is 4.65. The van der Waals surface area contributed by atoms with Gasteiger partial charge in [0.15, 0.2) is 0 Å². The maximum atomic E-state index is 14.1. The lowest BCUT2D eigenvalue weighted by molar-refractivity contribution is -0.138. The summed E-state index contributed by atoms with van der Waals surface area (Å²) in [4.78, 5) is 26.8. The summed E-state index contributed by atoms with van der Waals surface area (Å²) in [6.07, 6.45) is 0. The van der Waals surface area contributed by atoms with E-state index in [9.17, 15) is 14.0 Å². The van der Waals surface area contributed by atoms with Crippen molar-refractivity contribution in [3.05, 3.63) is 70.5 Å². The van der Waals surface area contributed by atoms with Crippen molar-refractivity contribution in [2.75, 3.05) is 5.75 Å². The number of amides is 2. The van der Waals surface area contributed by atoms with Gasteiger partial charge in [-0.2, -0.15) is 0 Å². The third kappa shape index (κ3) is 7.37. The van der Waals surface area contributed by atoms with E-state index in [4.69, 9.17) is 11.6 Å². The molecular formula is C22H26ClFN2O2S. The number of rotatable bonds is 9. The number of hydrogen-bond donors (Lipinski definition) is 1. The second-order valence-corrected chi connectivity index (χ2v) is 8.49. The first-order chi connectivity index (χ1) is 13.8. The largest absolute Gasteiger partial charge is 0.352 e. The van der Waals surface area contributed by atoms with Crippen LogP contribution in [-0.4, -0.2) is 34.6 Å². The molecule has 0 unspecified atom stereocenters. The molecule has 0 spiro atoms. The summed E-state index contributed by atoms with van der Waals surface area (Å²) >= 11 is 7.34. The highest BCUT2D eigenvalue weighted by atomic mass is 35.5. The number of halogens is 2. The zero-order valence-corrected chi connectivity index (χ0v) is 18.4. The average molecular weight is 437 g/mol. The first-order valence-electron chi connectivity index (χ1n) is 9.43. The zero-order valence-electron chi connectivity index (χ0n) is 16.8. The lowest BCUT2D eigenvalue weighted by Crippen LogP contribution is -2.49. The van der Waals surface area contributed by atoms with E-state index in [1.165, 1.54) is 22.7 Å². The van der Waals surface area contributed by atoms with Gasteiger partial charge in [-0.15, -0.1) is 11.8 Å². The molecule has 2 aromatic carbocycles. The molecule has 0 heterocycles. The molecule has 0 radical (unpaired) electrons. The van der Waals surface area contributed by atoms with Gasteiger partial charge < -0.3 is 10.2 Å². The molecule has 0 bridgehead atoms. The van der Waals surface area contributed by atoms with Gasteiger partial charge in [-0.3, -0.25) is 9.59 Å². The monoisotopic (exact) mass is 436 g/mol. The molecule has 1 N–H and O–H groups in total. The van der Waals surface area contributed by atoms with Crippen molar-refractivity contribution in [2.45, 2.75) is 45.2 Å². The third-order valence-corrected chi connectivity index (χ3v) is 5.54. The summed E-state index contributed by atoms with van der Waals surface area (Å²) in [5.74, 6) is -0.0269. The van der Waals surface area contributed by atoms with Crippen molar-refractivity contribution in [1.29, 1.82) is 0 Å². The van der Waals surface area contributed by atoms with Crippen LogP contribution in [0.25, 0.3) is 0 Å². The quantitative estimate of drug-likeness (QED) is 0.622. The molecule has 1 atom stereocenters. The topological polar surface area (TPSA) is 49.4 Å². The zero-order chi connectivity index (χ0) is 21.4. The van der Waals surface area contributed by atoms with E-state index in [-0.39, 0.29) is 30.2 Å². The molecule has 0 saturated heterocycles. The average Bonchev–Trinajstić information content (AvgIpc) is 2.67. The molecule has 7 heteroatoms. The number of thioether (sulfide) groups is 1. The Morgan fingerprint density at radius 2 is 1.76 bits per heavy atom. The van der Waals surface area contributed by atoms with Crippen LogP contribution in [0.1, 0.15) is 31.9 Å². The first kappa shape index (κ1) is 23.2. The predicted molar refractivity (Wildman–Crippen MR) is 117 cm³/mol. The van der Waals surface area contributed by atoms with Crippen LogP contribution in [0.4, 0.5) is 4.39 Å². The minimum absolute atomic E-state index is 0.0414. The third-order valence-electron chi connectivity index (χ3n) is 4.30. The lowest BCUT2D eigenvalue weighted by atomic mass is 10.1. The van der Waals surface area contributed by atoms with Crippen LogP contribution in [-0.2, 0) is 21.9 Å². The molecule has 29 heavy (non-hydrogen) atoms. The SMILES string of the molecule is CC(C)NC(=O)[C@@H](C)N(Cc1ccccc1F)C(=O)CSCc1ccc(Cl)cc1. The fraction of sp³-hybridized carbons (Fsp3) is 0.364. The maximum absolute atomic E-state index is 14.1. The fourth-order valence-corrected chi connectivity index (χ4v) is 3.71. The number of nitrogens with one attached hydrogen (secondary N) is 1. The van der Waals surface area contributed by atoms with E-state index < -0.39 is 11.9 Å². The van der Waals surface area contributed by atoms with Crippen molar-refractivity contribution in [3.8, 4) is 0 Å². The summed E-state index contributed by atoms with van der Waals surface area (Å²) in [6, 6.07) is 13.0. The summed E-state index contributed by atoms with van der Waals surface area (Å²) in [5.41, 5.74) is 1.44. The van der Waals surface area contributed by atoms with Gasteiger partial charge in [0, 0.05) is 28.9 Å². The van der Waals surface area contributed by atoms with Crippen LogP contribution in [0, 0.1) is 5.82 Å². The minimum Gasteiger partial charge on any atom is -0.352 e. The molecule has 156 valence electrons. The van der Waals surface area contributed by atoms with Crippen LogP contribution in [0.15, 0.2) is 48.5 Å². The Balaban J connectivity index is 2.07. The van der Waals surface area contributed by atoms with Crippen LogP contribution < -0.4 is 5.32 Å². The van der Waals surface area contributed by atoms with Crippen molar-refractivity contribution in [2.24, 2.45) is 0 Å². The van der Waals surface area contributed by atoms with Gasteiger partial charge in [0.1, 0.15) is 11.9 Å². The lowest BCUT2D eigenvalue weighted by Gasteiger charge is -2.29.